The lowest BCUT2D eigenvalue weighted by Crippen LogP contribution is -2.32. The van der Waals surface area contributed by atoms with Gasteiger partial charge in [0.25, 0.3) is 5.91 Å². The number of halogens is 1. The summed E-state index contributed by atoms with van der Waals surface area (Å²) in [5, 5.41) is 5.53. The van der Waals surface area contributed by atoms with Crippen LogP contribution in [0.4, 0.5) is 10.2 Å². The van der Waals surface area contributed by atoms with E-state index in [1.54, 1.807) is 7.05 Å². The Hall–Kier alpha value is -1.65. The van der Waals surface area contributed by atoms with Crippen LogP contribution in [0.1, 0.15) is 36.0 Å². The topological polar surface area (TPSA) is 54.0 Å². The lowest BCUT2D eigenvalue weighted by Gasteiger charge is -2.21. The first-order valence-corrected chi connectivity index (χ1v) is 7.29. The molecule has 1 aromatic heterocycles. The fourth-order valence-corrected chi connectivity index (χ4v) is 3.74. The summed E-state index contributed by atoms with van der Waals surface area (Å²) in [4.78, 5) is 15.9. The molecule has 1 aromatic rings. The van der Waals surface area contributed by atoms with Gasteiger partial charge in [-0.05, 0) is 43.1 Å². The van der Waals surface area contributed by atoms with Gasteiger partial charge in [-0.2, -0.15) is 0 Å². The quantitative estimate of drug-likeness (QED) is 0.888. The number of hydrogen-bond acceptors (Lipinski definition) is 3. The normalized spacial score (nSPS) is 27.6. The van der Waals surface area contributed by atoms with Crippen molar-refractivity contribution in [1.29, 1.82) is 0 Å². The van der Waals surface area contributed by atoms with Gasteiger partial charge in [0.1, 0.15) is 0 Å². The molecule has 0 spiro atoms. The predicted octanol–water partition coefficient (Wildman–Crippen LogP) is 2.43. The Bertz CT molecular complexity index is 520. The van der Waals surface area contributed by atoms with Crippen LogP contribution in [-0.2, 0) is 0 Å². The summed E-state index contributed by atoms with van der Waals surface area (Å²) in [6.45, 7) is 0.663. The standard InChI is InChI=1S/C15H20FN3O/c1-17-14-13(16)12(4-5-18-14)15(20)19-8-11-7-9-2-3-10(11)6-9/h4-5,9-11H,2-3,6-8H2,1H3,(H,17,18)(H,19,20). The second kappa shape index (κ2) is 5.38. The van der Waals surface area contributed by atoms with Crippen LogP contribution in [0.5, 0.6) is 0 Å². The molecule has 5 heteroatoms. The lowest BCUT2D eigenvalue weighted by atomic mass is 9.89. The van der Waals surface area contributed by atoms with E-state index >= 15 is 0 Å². The zero-order valence-electron chi connectivity index (χ0n) is 11.7. The molecule has 0 aliphatic heterocycles. The molecule has 3 unspecified atom stereocenters. The Labute approximate surface area is 118 Å². The van der Waals surface area contributed by atoms with E-state index in [0.29, 0.717) is 12.5 Å². The summed E-state index contributed by atoms with van der Waals surface area (Å²) < 4.78 is 14.0. The van der Waals surface area contributed by atoms with Gasteiger partial charge < -0.3 is 10.6 Å². The number of aromatic nitrogens is 1. The van der Waals surface area contributed by atoms with Crippen molar-refractivity contribution in [3.63, 3.8) is 0 Å². The average Bonchev–Trinajstić information content (AvgIpc) is 3.07. The fourth-order valence-electron chi connectivity index (χ4n) is 3.74. The molecule has 3 atom stereocenters. The molecule has 0 aromatic carbocycles. The lowest BCUT2D eigenvalue weighted by molar-refractivity contribution is 0.0937. The van der Waals surface area contributed by atoms with Crippen molar-refractivity contribution in [3.05, 3.63) is 23.6 Å². The molecule has 2 fully saturated rings. The van der Waals surface area contributed by atoms with Crippen LogP contribution in [0, 0.1) is 23.6 Å². The van der Waals surface area contributed by atoms with Gasteiger partial charge in [0.15, 0.2) is 11.6 Å². The summed E-state index contributed by atoms with van der Waals surface area (Å²) in [5.74, 6) is 1.37. The van der Waals surface area contributed by atoms with Crippen LogP contribution in [0.3, 0.4) is 0 Å². The van der Waals surface area contributed by atoms with E-state index in [0.717, 1.165) is 11.8 Å². The molecule has 1 amide bonds. The summed E-state index contributed by atoms with van der Waals surface area (Å²) in [5.41, 5.74) is 0.0625. The highest BCUT2D eigenvalue weighted by molar-refractivity contribution is 5.95. The Morgan fingerprint density at radius 2 is 2.30 bits per heavy atom. The minimum atomic E-state index is -0.583. The maximum atomic E-state index is 14.0. The fraction of sp³-hybridized carbons (Fsp3) is 0.600. The number of nitrogens with one attached hydrogen (secondary N) is 2. The molecule has 1 heterocycles. The molecule has 0 radical (unpaired) electrons. The zero-order chi connectivity index (χ0) is 14.1. The molecule has 3 rings (SSSR count). The number of amides is 1. The Morgan fingerprint density at radius 3 is 2.95 bits per heavy atom. The number of carbonyl (C=O) groups is 1. The summed E-state index contributed by atoms with van der Waals surface area (Å²) in [7, 11) is 1.59. The van der Waals surface area contributed by atoms with Crippen molar-refractivity contribution in [3.8, 4) is 0 Å². The molecule has 4 nitrogen and oxygen atoms in total. The second-order valence-corrected chi connectivity index (χ2v) is 5.92. The van der Waals surface area contributed by atoms with Crippen LogP contribution in [-0.4, -0.2) is 24.5 Å². The highest BCUT2D eigenvalue weighted by atomic mass is 19.1. The van der Waals surface area contributed by atoms with Gasteiger partial charge in [0.2, 0.25) is 0 Å². The second-order valence-electron chi connectivity index (χ2n) is 5.92. The monoisotopic (exact) mass is 277 g/mol. The van der Waals surface area contributed by atoms with Crippen LogP contribution < -0.4 is 10.6 Å². The Morgan fingerprint density at radius 1 is 1.45 bits per heavy atom. The number of rotatable bonds is 4. The molecule has 2 saturated carbocycles. The summed E-state index contributed by atoms with van der Waals surface area (Å²) >= 11 is 0. The van der Waals surface area contributed by atoms with Gasteiger partial charge in [-0.15, -0.1) is 0 Å². The third kappa shape index (κ3) is 2.37. The van der Waals surface area contributed by atoms with Crippen molar-refractivity contribution >= 4 is 11.7 Å². The van der Waals surface area contributed by atoms with E-state index in [2.05, 4.69) is 15.6 Å². The van der Waals surface area contributed by atoms with Crippen molar-refractivity contribution in [2.24, 2.45) is 17.8 Å². The highest BCUT2D eigenvalue weighted by Gasteiger charge is 2.39. The summed E-state index contributed by atoms with van der Waals surface area (Å²) in [6, 6.07) is 1.42. The molecule has 2 aliphatic carbocycles. The molecule has 0 saturated heterocycles. The number of fused-ring (bicyclic) bond motifs is 2. The van der Waals surface area contributed by atoms with Crippen LogP contribution in [0.25, 0.3) is 0 Å². The van der Waals surface area contributed by atoms with E-state index in [9.17, 15) is 9.18 Å². The van der Waals surface area contributed by atoms with Crippen molar-refractivity contribution < 1.29 is 9.18 Å². The first-order valence-electron chi connectivity index (χ1n) is 7.29. The largest absolute Gasteiger partial charge is 0.371 e. The molecular weight excluding hydrogens is 257 g/mol. The highest BCUT2D eigenvalue weighted by Crippen LogP contribution is 2.47. The number of hydrogen-bond donors (Lipinski definition) is 2. The van der Waals surface area contributed by atoms with Gasteiger partial charge in [0.05, 0.1) is 5.56 Å². The van der Waals surface area contributed by atoms with Crippen molar-refractivity contribution in [1.82, 2.24) is 10.3 Å². The Balaban J connectivity index is 1.62. The molecule has 2 bridgehead atoms. The third-order valence-corrected chi connectivity index (χ3v) is 4.78. The summed E-state index contributed by atoms with van der Waals surface area (Å²) in [6.07, 6.45) is 6.61. The van der Waals surface area contributed by atoms with Gasteiger partial charge in [-0.3, -0.25) is 4.79 Å². The zero-order valence-corrected chi connectivity index (χ0v) is 11.7. The number of nitrogens with zero attached hydrogens (tertiary/aromatic N) is 1. The van der Waals surface area contributed by atoms with E-state index in [-0.39, 0.29) is 17.3 Å². The van der Waals surface area contributed by atoms with E-state index in [1.807, 2.05) is 0 Å². The molecule has 2 N–H and O–H groups in total. The molecular formula is C15H20FN3O. The van der Waals surface area contributed by atoms with Gasteiger partial charge in [-0.25, -0.2) is 9.37 Å². The Kier molecular flexibility index (Phi) is 3.59. The molecule has 108 valence electrons. The molecule has 20 heavy (non-hydrogen) atoms. The van der Waals surface area contributed by atoms with Crippen LogP contribution in [0.15, 0.2) is 12.3 Å². The van der Waals surface area contributed by atoms with Gasteiger partial charge >= 0.3 is 0 Å². The minimum absolute atomic E-state index is 0.0625. The number of anilines is 1. The van der Waals surface area contributed by atoms with Crippen LogP contribution >= 0.6 is 0 Å². The first-order chi connectivity index (χ1) is 9.69. The first kappa shape index (κ1) is 13.3. The maximum Gasteiger partial charge on any atom is 0.254 e. The van der Waals surface area contributed by atoms with Gasteiger partial charge in [0, 0.05) is 19.8 Å². The maximum absolute atomic E-state index is 14.0. The smallest absolute Gasteiger partial charge is 0.254 e. The van der Waals surface area contributed by atoms with Gasteiger partial charge in [-0.1, -0.05) is 6.42 Å². The predicted molar refractivity (Wildman–Crippen MR) is 75.0 cm³/mol. The molecule has 2 aliphatic rings. The number of carbonyl (C=O) groups excluding carboxylic acids is 1. The van der Waals surface area contributed by atoms with E-state index in [1.165, 1.54) is 37.9 Å². The average molecular weight is 277 g/mol. The van der Waals surface area contributed by atoms with E-state index in [4.69, 9.17) is 0 Å². The number of pyridine rings is 1. The van der Waals surface area contributed by atoms with Crippen molar-refractivity contribution in [2.45, 2.75) is 25.7 Å². The minimum Gasteiger partial charge on any atom is -0.371 e. The van der Waals surface area contributed by atoms with Crippen LogP contribution in [0.2, 0.25) is 0 Å². The third-order valence-electron chi connectivity index (χ3n) is 4.78. The van der Waals surface area contributed by atoms with Crippen molar-refractivity contribution in [2.75, 3.05) is 18.9 Å². The van der Waals surface area contributed by atoms with E-state index < -0.39 is 5.82 Å². The SMILES string of the molecule is CNc1nccc(C(=O)NCC2CC3CCC2C3)c1F.